The van der Waals surface area contributed by atoms with Gasteiger partial charge in [0.2, 0.25) is 0 Å². The lowest BCUT2D eigenvalue weighted by molar-refractivity contribution is 0.714. The van der Waals surface area contributed by atoms with E-state index < -0.39 is 0 Å². The van der Waals surface area contributed by atoms with Crippen LogP contribution in [0.5, 0.6) is 0 Å². The van der Waals surface area contributed by atoms with Gasteiger partial charge in [-0.1, -0.05) is 33.8 Å². The summed E-state index contributed by atoms with van der Waals surface area (Å²) >= 11 is 0. The van der Waals surface area contributed by atoms with Crippen molar-refractivity contribution in [2.24, 2.45) is 0 Å². The van der Waals surface area contributed by atoms with Crippen molar-refractivity contribution in [3.05, 3.63) is 23.3 Å². The van der Waals surface area contributed by atoms with Gasteiger partial charge in [-0.2, -0.15) is 0 Å². The zero-order valence-corrected chi connectivity index (χ0v) is 10.9. The lowest BCUT2D eigenvalue weighted by Gasteiger charge is -2.19. The maximum atomic E-state index is 6.03. The number of benzene rings is 1. The molecule has 0 saturated heterocycles. The molecule has 2 nitrogen and oxygen atoms in total. The van der Waals surface area contributed by atoms with Crippen LogP contribution >= 0.6 is 0 Å². The van der Waals surface area contributed by atoms with Crippen molar-refractivity contribution < 1.29 is 0 Å². The van der Waals surface area contributed by atoms with E-state index in [4.69, 9.17) is 11.5 Å². The smallest absolute Gasteiger partial charge is 0.0370 e. The average Bonchev–Trinajstić information content (AvgIpc) is 2.27. The Morgan fingerprint density at radius 2 is 1.25 bits per heavy atom. The van der Waals surface area contributed by atoms with Crippen molar-refractivity contribution in [3.63, 3.8) is 0 Å². The summed E-state index contributed by atoms with van der Waals surface area (Å²) in [7, 11) is 0. The van der Waals surface area contributed by atoms with Gasteiger partial charge < -0.3 is 11.5 Å². The highest BCUT2D eigenvalue weighted by atomic mass is 14.6. The van der Waals surface area contributed by atoms with E-state index in [2.05, 4.69) is 33.8 Å². The monoisotopic (exact) mass is 220 g/mol. The number of hydrogen-bond donors (Lipinski definition) is 2. The van der Waals surface area contributed by atoms with E-state index in [0.29, 0.717) is 11.8 Å². The van der Waals surface area contributed by atoms with Crippen LogP contribution in [0, 0.1) is 0 Å². The molecule has 0 amide bonds. The standard InChI is InChI=1S/C14H24N2/c1-5-9(3)11-7-12(10(4)6-2)14(16)8-13(11)15/h7-10H,5-6,15-16H2,1-4H3. The molecule has 0 aromatic heterocycles. The normalized spacial score (nSPS) is 14.8. The number of nitrogens with two attached hydrogens (primary N) is 2. The second-order valence-electron chi connectivity index (χ2n) is 4.73. The van der Waals surface area contributed by atoms with Gasteiger partial charge in [-0.25, -0.2) is 0 Å². The maximum Gasteiger partial charge on any atom is 0.0370 e. The Morgan fingerprint density at radius 3 is 1.56 bits per heavy atom. The van der Waals surface area contributed by atoms with Gasteiger partial charge in [-0.05, 0) is 41.9 Å². The van der Waals surface area contributed by atoms with Gasteiger partial charge in [0.05, 0.1) is 0 Å². The molecule has 16 heavy (non-hydrogen) atoms. The lowest BCUT2D eigenvalue weighted by Crippen LogP contribution is -2.05. The third-order valence-corrected chi connectivity index (χ3v) is 3.58. The molecule has 0 spiro atoms. The molecule has 0 bridgehead atoms. The van der Waals surface area contributed by atoms with Crippen molar-refractivity contribution in [1.82, 2.24) is 0 Å². The molecule has 0 saturated carbocycles. The maximum absolute atomic E-state index is 6.03. The van der Waals surface area contributed by atoms with Gasteiger partial charge in [-0.15, -0.1) is 0 Å². The summed E-state index contributed by atoms with van der Waals surface area (Å²) in [6.45, 7) is 8.79. The molecule has 2 unspecified atom stereocenters. The second kappa shape index (κ2) is 5.24. The van der Waals surface area contributed by atoms with Gasteiger partial charge in [0.1, 0.15) is 0 Å². The summed E-state index contributed by atoms with van der Waals surface area (Å²) in [4.78, 5) is 0. The Kier molecular flexibility index (Phi) is 4.22. The largest absolute Gasteiger partial charge is 0.398 e. The van der Waals surface area contributed by atoms with Crippen molar-refractivity contribution in [2.45, 2.75) is 52.4 Å². The molecule has 0 aliphatic rings. The topological polar surface area (TPSA) is 52.0 Å². The SMILES string of the molecule is CCC(C)c1cc(C(C)CC)c(N)cc1N. The molecule has 2 heteroatoms. The Balaban J connectivity index is 3.21. The first-order valence-electron chi connectivity index (χ1n) is 6.19. The van der Waals surface area contributed by atoms with Crippen LogP contribution in [0.3, 0.4) is 0 Å². The Labute approximate surface area is 99.0 Å². The van der Waals surface area contributed by atoms with Crippen LogP contribution in [0.15, 0.2) is 12.1 Å². The van der Waals surface area contributed by atoms with Crippen molar-refractivity contribution in [1.29, 1.82) is 0 Å². The first-order valence-corrected chi connectivity index (χ1v) is 6.19. The summed E-state index contributed by atoms with van der Waals surface area (Å²) in [6.07, 6.45) is 2.21. The van der Waals surface area contributed by atoms with Crippen LogP contribution in [-0.2, 0) is 0 Å². The first-order chi connectivity index (χ1) is 7.51. The molecule has 0 aliphatic heterocycles. The molecule has 0 fully saturated rings. The van der Waals surface area contributed by atoms with Gasteiger partial charge in [0.15, 0.2) is 0 Å². The minimum atomic E-state index is 0.503. The molecular formula is C14H24N2. The third kappa shape index (κ3) is 2.49. The van der Waals surface area contributed by atoms with Crippen LogP contribution in [0.25, 0.3) is 0 Å². The molecule has 4 N–H and O–H groups in total. The van der Waals surface area contributed by atoms with E-state index in [1.54, 1.807) is 0 Å². The van der Waals surface area contributed by atoms with E-state index in [9.17, 15) is 0 Å². The molecule has 1 aromatic carbocycles. The van der Waals surface area contributed by atoms with Crippen molar-refractivity contribution in [3.8, 4) is 0 Å². The van der Waals surface area contributed by atoms with E-state index in [-0.39, 0.29) is 0 Å². The number of rotatable bonds is 4. The molecule has 1 aromatic rings. The molecular weight excluding hydrogens is 196 g/mol. The Bertz CT molecular complexity index is 327. The fourth-order valence-electron chi connectivity index (χ4n) is 1.96. The van der Waals surface area contributed by atoms with Crippen LogP contribution in [0.2, 0.25) is 0 Å². The summed E-state index contributed by atoms with van der Waals surface area (Å²) in [5, 5.41) is 0. The first kappa shape index (κ1) is 12.9. The molecule has 1 rings (SSSR count). The molecule has 90 valence electrons. The summed E-state index contributed by atoms with van der Waals surface area (Å²) in [5.41, 5.74) is 16.2. The highest BCUT2D eigenvalue weighted by Gasteiger charge is 2.13. The zero-order chi connectivity index (χ0) is 12.3. The fraction of sp³-hybridized carbons (Fsp3) is 0.571. The number of nitrogen functional groups attached to an aromatic ring is 2. The lowest BCUT2D eigenvalue weighted by atomic mass is 9.89. The molecule has 0 heterocycles. The highest BCUT2D eigenvalue weighted by molar-refractivity contribution is 5.63. The van der Waals surface area contributed by atoms with Crippen molar-refractivity contribution >= 4 is 11.4 Å². The van der Waals surface area contributed by atoms with Crippen LogP contribution in [0.1, 0.15) is 63.5 Å². The predicted octanol–water partition coefficient (Wildman–Crippen LogP) is 3.88. The van der Waals surface area contributed by atoms with E-state index >= 15 is 0 Å². The van der Waals surface area contributed by atoms with Crippen molar-refractivity contribution in [2.75, 3.05) is 11.5 Å². The van der Waals surface area contributed by atoms with Crippen LogP contribution < -0.4 is 11.5 Å². The Morgan fingerprint density at radius 1 is 0.875 bits per heavy atom. The third-order valence-electron chi connectivity index (χ3n) is 3.58. The van der Waals surface area contributed by atoms with Gasteiger partial charge >= 0.3 is 0 Å². The minimum absolute atomic E-state index is 0.503. The summed E-state index contributed by atoms with van der Waals surface area (Å²) in [5.74, 6) is 1.01. The minimum Gasteiger partial charge on any atom is -0.398 e. The van der Waals surface area contributed by atoms with E-state index in [1.807, 2.05) is 6.07 Å². The quantitative estimate of drug-likeness (QED) is 0.757. The number of hydrogen-bond acceptors (Lipinski definition) is 2. The molecule has 0 radical (unpaired) electrons. The van der Waals surface area contributed by atoms with Crippen LogP contribution in [-0.4, -0.2) is 0 Å². The van der Waals surface area contributed by atoms with Crippen LogP contribution in [0.4, 0.5) is 11.4 Å². The second-order valence-corrected chi connectivity index (χ2v) is 4.73. The highest BCUT2D eigenvalue weighted by Crippen LogP contribution is 2.33. The summed E-state index contributed by atoms with van der Waals surface area (Å²) < 4.78 is 0. The molecule has 2 atom stereocenters. The van der Waals surface area contributed by atoms with E-state index in [1.165, 1.54) is 11.1 Å². The summed E-state index contributed by atoms with van der Waals surface area (Å²) in [6, 6.07) is 4.12. The molecule has 0 aliphatic carbocycles. The van der Waals surface area contributed by atoms with Gasteiger partial charge in [-0.3, -0.25) is 0 Å². The number of anilines is 2. The van der Waals surface area contributed by atoms with E-state index in [0.717, 1.165) is 24.2 Å². The Hall–Kier alpha value is -1.18. The van der Waals surface area contributed by atoms with Gasteiger partial charge in [0, 0.05) is 11.4 Å². The average molecular weight is 220 g/mol. The zero-order valence-electron chi connectivity index (χ0n) is 10.9. The predicted molar refractivity (Wildman–Crippen MR) is 72.7 cm³/mol. The fourth-order valence-corrected chi connectivity index (χ4v) is 1.96. The van der Waals surface area contributed by atoms with Gasteiger partial charge in [0.25, 0.3) is 0 Å².